The van der Waals surface area contributed by atoms with Gasteiger partial charge < -0.3 is 9.72 Å². The summed E-state index contributed by atoms with van der Waals surface area (Å²) >= 11 is 0. The van der Waals surface area contributed by atoms with Gasteiger partial charge in [0, 0.05) is 17.6 Å². The Bertz CT molecular complexity index is 1110. The molecule has 0 aliphatic carbocycles. The zero-order chi connectivity index (χ0) is 19.3. The van der Waals surface area contributed by atoms with Gasteiger partial charge >= 0.3 is 17.1 Å². The molecule has 2 heterocycles. The van der Waals surface area contributed by atoms with Crippen molar-refractivity contribution in [2.75, 3.05) is 5.32 Å². The monoisotopic (exact) mass is 421 g/mol. The number of fused-ring (bicyclic) bond motifs is 1. The van der Waals surface area contributed by atoms with Crippen LogP contribution in [0.25, 0.3) is 16.9 Å². The summed E-state index contributed by atoms with van der Waals surface area (Å²) in [6, 6.07) is 30.7. The minimum atomic E-state index is 0. The minimum absolute atomic E-state index is 0. The van der Waals surface area contributed by atoms with Crippen molar-refractivity contribution < 1.29 is 17.1 Å². The fraction of sp³-hybridized carbons (Fsp3) is 0.0800. The number of para-hydroxylation sites is 1. The molecule has 146 valence electrons. The normalized spacial score (nSPS) is 10.1. The molecule has 0 radical (unpaired) electrons. The number of nitrogens with zero attached hydrogens (tertiary/aromatic N) is 2. The standard InChI is InChI=1S/C20H18N3.C5H5.Fe/c1-14-8-7-9-15(2)18(14)22-20-19(16-10-3-4-11-16)21-17-12-5-6-13-23(17)20;1-2-4-5-3-1;/h3-13,22H,1-2H3;1-5H;/q2*-1;+2. The number of pyridine rings is 1. The molecule has 3 nitrogen and oxygen atoms in total. The Kier molecular flexibility index (Phi) is 6.71. The second-order valence-corrected chi connectivity index (χ2v) is 6.77. The predicted octanol–water partition coefficient (Wildman–Crippen LogP) is 6.48. The second kappa shape index (κ2) is 9.42. The second-order valence-electron chi connectivity index (χ2n) is 6.77. The van der Waals surface area contributed by atoms with E-state index in [4.69, 9.17) is 4.98 Å². The van der Waals surface area contributed by atoms with E-state index in [9.17, 15) is 0 Å². The van der Waals surface area contributed by atoms with Crippen molar-refractivity contribution in [1.29, 1.82) is 0 Å². The van der Waals surface area contributed by atoms with Crippen LogP contribution in [0.2, 0.25) is 0 Å². The molecule has 0 amide bonds. The molecule has 3 aromatic carbocycles. The van der Waals surface area contributed by atoms with Gasteiger partial charge in [-0.05, 0) is 37.1 Å². The number of benzene rings is 1. The molecule has 1 N–H and O–H groups in total. The molecule has 0 bridgehead atoms. The van der Waals surface area contributed by atoms with E-state index in [1.807, 2.05) is 66.9 Å². The molecule has 0 atom stereocenters. The summed E-state index contributed by atoms with van der Waals surface area (Å²) in [6.07, 6.45) is 2.05. The smallest absolute Gasteiger partial charge is 0.378 e. The van der Waals surface area contributed by atoms with E-state index in [1.165, 1.54) is 11.1 Å². The number of nitrogens with one attached hydrogen (secondary N) is 1. The maximum absolute atomic E-state index is 4.81. The van der Waals surface area contributed by atoms with Crippen LogP contribution in [-0.2, 0) is 17.1 Å². The van der Waals surface area contributed by atoms with E-state index in [2.05, 4.69) is 53.9 Å². The van der Waals surface area contributed by atoms with E-state index in [0.717, 1.165) is 28.4 Å². The van der Waals surface area contributed by atoms with Crippen molar-refractivity contribution in [3.05, 3.63) is 108 Å². The molecule has 0 saturated heterocycles. The van der Waals surface area contributed by atoms with Crippen molar-refractivity contribution in [3.8, 4) is 11.3 Å². The maximum atomic E-state index is 4.81. The van der Waals surface area contributed by atoms with Crippen molar-refractivity contribution in [3.63, 3.8) is 0 Å². The number of imidazole rings is 1. The van der Waals surface area contributed by atoms with E-state index in [-0.39, 0.29) is 17.1 Å². The first-order valence-electron chi connectivity index (χ1n) is 9.43. The summed E-state index contributed by atoms with van der Waals surface area (Å²) in [7, 11) is 0. The molecular weight excluding hydrogens is 398 g/mol. The Labute approximate surface area is 182 Å². The Morgan fingerprint density at radius 1 is 0.862 bits per heavy atom. The molecule has 5 rings (SSSR count). The van der Waals surface area contributed by atoms with Crippen LogP contribution >= 0.6 is 0 Å². The third-order valence-corrected chi connectivity index (χ3v) is 4.75. The summed E-state index contributed by atoms with van der Waals surface area (Å²) in [4.78, 5) is 4.81. The third-order valence-electron chi connectivity index (χ3n) is 4.75. The van der Waals surface area contributed by atoms with Crippen LogP contribution in [-0.4, -0.2) is 9.38 Å². The molecule has 5 aromatic rings. The molecule has 2 aromatic heterocycles. The topological polar surface area (TPSA) is 29.3 Å². The number of anilines is 2. The van der Waals surface area contributed by atoms with Crippen LogP contribution < -0.4 is 5.32 Å². The van der Waals surface area contributed by atoms with E-state index < -0.39 is 0 Å². The van der Waals surface area contributed by atoms with Gasteiger partial charge in [0.2, 0.25) is 0 Å². The number of aryl methyl sites for hydroxylation is 2. The fourth-order valence-electron chi connectivity index (χ4n) is 3.30. The Balaban J connectivity index is 0.000000352. The van der Waals surface area contributed by atoms with Gasteiger partial charge in [-0.2, -0.15) is 30.3 Å². The molecule has 29 heavy (non-hydrogen) atoms. The van der Waals surface area contributed by atoms with Crippen molar-refractivity contribution >= 4 is 17.2 Å². The van der Waals surface area contributed by atoms with Crippen LogP contribution in [0.1, 0.15) is 11.1 Å². The molecule has 0 spiro atoms. The van der Waals surface area contributed by atoms with Gasteiger partial charge in [-0.3, -0.25) is 0 Å². The summed E-state index contributed by atoms with van der Waals surface area (Å²) in [6.45, 7) is 4.25. The first-order chi connectivity index (χ1) is 13.7. The predicted molar refractivity (Wildman–Crippen MR) is 117 cm³/mol. The van der Waals surface area contributed by atoms with E-state index in [1.54, 1.807) is 0 Å². The van der Waals surface area contributed by atoms with E-state index in [0.29, 0.717) is 0 Å². The average Bonchev–Trinajstić information content (AvgIpc) is 3.48. The fourth-order valence-corrected chi connectivity index (χ4v) is 3.30. The average molecular weight is 421 g/mol. The summed E-state index contributed by atoms with van der Waals surface area (Å²) in [5, 5.41) is 3.62. The largest absolute Gasteiger partial charge is 2.00 e. The molecule has 4 heteroatoms. The third kappa shape index (κ3) is 4.51. The molecule has 0 aliphatic heterocycles. The first-order valence-corrected chi connectivity index (χ1v) is 9.43. The van der Waals surface area contributed by atoms with Crippen LogP contribution in [0.5, 0.6) is 0 Å². The number of rotatable bonds is 3. The molecule has 0 unspecified atom stereocenters. The van der Waals surface area contributed by atoms with Crippen LogP contribution in [0, 0.1) is 13.8 Å². The molecule has 0 saturated carbocycles. The van der Waals surface area contributed by atoms with Gasteiger partial charge in [0.05, 0.1) is 5.82 Å². The van der Waals surface area contributed by atoms with Gasteiger partial charge in [-0.1, -0.05) is 29.8 Å². The van der Waals surface area contributed by atoms with Crippen LogP contribution in [0.15, 0.2) is 97.2 Å². The summed E-state index contributed by atoms with van der Waals surface area (Å²) in [5.74, 6) is 1.00. The zero-order valence-corrected chi connectivity index (χ0v) is 17.6. The van der Waals surface area contributed by atoms with Crippen molar-refractivity contribution in [2.24, 2.45) is 0 Å². The van der Waals surface area contributed by atoms with E-state index >= 15 is 0 Å². The Morgan fingerprint density at radius 2 is 1.55 bits per heavy atom. The Morgan fingerprint density at radius 3 is 2.17 bits per heavy atom. The van der Waals surface area contributed by atoms with Gasteiger partial charge in [0.15, 0.2) is 0 Å². The van der Waals surface area contributed by atoms with Crippen molar-refractivity contribution in [2.45, 2.75) is 13.8 Å². The Hall–Kier alpha value is -3.07. The minimum Gasteiger partial charge on any atom is -0.378 e. The zero-order valence-electron chi connectivity index (χ0n) is 16.5. The van der Waals surface area contributed by atoms with Gasteiger partial charge in [-0.15, -0.1) is 12.1 Å². The maximum Gasteiger partial charge on any atom is 2.00 e. The van der Waals surface area contributed by atoms with Crippen molar-refractivity contribution in [1.82, 2.24) is 9.38 Å². The quantitative estimate of drug-likeness (QED) is 0.267. The SMILES string of the molecule is Cc1cccc(C)c1Nc1c(-[c-]2cccc2)nc2ccccn12.[Fe+2].c1cc[cH-]c1. The van der Waals surface area contributed by atoms with Crippen LogP contribution in [0.3, 0.4) is 0 Å². The number of hydrogen-bond acceptors (Lipinski definition) is 2. The van der Waals surface area contributed by atoms with Gasteiger partial charge in [0.25, 0.3) is 0 Å². The molecular formula is C25H23FeN3. The van der Waals surface area contributed by atoms with Crippen LogP contribution in [0.4, 0.5) is 11.5 Å². The van der Waals surface area contributed by atoms with Gasteiger partial charge in [-0.25, -0.2) is 17.1 Å². The summed E-state index contributed by atoms with van der Waals surface area (Å²) in [5.41, 5.74) is 6.64. The van der Waals surface area contributed by atoms with Gasteiger partial charge in [0.1, 0.15) is 5.65 Å². The number of aromatic nitrogens is 2. The first kappa shape index (κ1) is 20.7. The molecule has 0 aliphatic rings. The molecule has 0 fully saturated rings. The summed E-state index contributed by atoms with van der Waals surface area (Å²) < 4.78 is 2.11. The number of hydrogen-bond donors (Lipinski definition) is 1.